The second kappa shape index (κ2) is 26.2. The Hall–Kier alpha value is -0.500. The molecule has 240 valence electrons. The van der Waals surface area contributed by atoms with Crippen molar-refractivity contribution in [3.8, 4) is 0 Å². The number of hydrogen-bond acceptors (Lipinski definition) is 5. The van der Waals surface area contributed by atoms with Crippen molar-refractivity contribution < 1.29 is 32.5 Å². The predicted molar refractivity (Wildman–Crippen MR) is 166 cm³/mol. The van der Waals surface area contributed by atoms with E-state index < -0.39 is 13.9 Å². The SMILES string of the molecule is CCCCCCCCCCCOC(CNC(=O)CCCCCCCCCCC)COP(=O)(O)OCC[N+](C)(C)C. The first-order chi connectivity index (χ1) is 19.1. The summed E-state index contributed by atoms with van der Waals surface area (Å²) in [5, 5.41) is 2.93. The van der Waals surface area contributed by atoms with Gasteiger partial charge in [0, 0.05) is 19.6 Å². The quantitative estimate of drug-likeness (QED) is 0.0502. The number of nitrogens with one attached hydrogen (secondary N) is 1. The van der Waals surface area contributed by atoms with Gasteiger partial charge in [0.25, 0.3) is 0 Å². The average molecular weight is 594 g/mol. The summed E-state index contributed by atoms with van der Waals surface area (Å²) in [4.78, 5) is 22.5. The van der Waals surface area contributed by atoms with Crippen LogP contribution in [0.15, 0.2) is 0 Å². The van der Waals surface area contributed by atoms with E-state index in [-0.39, 0.29) is 25.7 Å². The van der Waals surface area contributed by atoms with Crippen LogP contribution in [0.1, 0.15) is 136 Å². The maximum absolute atomic E-state index is 12.4. The van der Waals surface area contributed by atoms with Crippen LogP contribution in [0.25, 0.3) is 0 Å². The first-order valence-electron chi connectivity index (χ1n) is 16.4. The minimum atomic E-state index is -4.19. The summed E-state index contributed by atoms with van der Waals surface area (Å²) in [7, 11) is 1.77. The maximum Gasteiger partial charge on any atom is 0.472 e. The third-order valence-corrected chi connectivity index (χ3v) is 8.06. The van der Waals surface area contributed by atoms with Crippen LogP contribution in [0.3, 0.4) is 0 Å². The van der Waals surface area contributed by atoms with Gasteiger partial charge in [-0.05, 0) is 12.8 Å². The van der Waals surface area contributed by atoms with Gasteiger partial charge in [-0.2, -0.15) is 0 Å². The van der Waals surface area contributed by atoms with Gasteiger partial charge in [0.2, 0.25) is 5.91 Å². The number of unbranched alkanes of at least 4 members (excludes halogenated alkanes) is 16. The number of phosphoric acid groups is 1. The normalized spacial score (nSPS) is 14.2. The molecule has 1 amide bonds. The number of ether oxygens (including phenoxy) is 1. The number of hydrogen-bond donors (Lipinski definition) is 2. The summed E-state index contributed by atoms with van der Waals surface area (Å²) in [5.74, 6) is -0.00834. The van der Waals surface area contributed by atoms with Crippen molar-refractivity contribution in [2.45, 2.75) is 142 Å². The number of likely N-dealkylation sites (N-methyl/N-ethyl adjacent to an activating group) is 1. The van der Waals surface area contributed by atoms with Gasteiger partial charge in [-0.15, -0.1) is 0 Å². The zero-order chi connectivity index (χ0) is 30.0. The largest absolute Gasteiger partial charge is 0.472 e. The Morgan fingerprint density at radius 3 is 1.70 bits per heavy atom. The Bertz CT molecular complexity index is 629. The first kappa shape index (κ1) is 39.5. The molecule has 0 radical (unpaired) electrons. The molecule has 0 saturated carbocycles. The lowest BCUT2D eigenvalue weighted by Gasteiger charge is -2.24. The third-order valence-electron chi connectivity index (χ3n) is 7.08. The highest BCUT2D eigenvalue weighted by atomic mass is 31.2. The van der Waals surface area contributed by atoms with E-state index in [4.69, 9.17) is 13.8 Å². The molecule has 0 aromatic rings. The predicted octanol–water partition coefficient (Wildman–Crippen LogP) is 7.78. The molecule has 0 rings (SSSR count). The van der Waals surface area contributed by atoms with E-state index in [1.165, 1.54) is 89.9 Å². The zero-order valence-electron chi connectivity index (χ0n) is 26.9. The molecule has 0 aliphatic heterocycles. The highest BCUT2D eigenvalue weighted by Gasteiger charge is 2.25. The lowest BCUT2D eigenvalue weighted by atomic mass is 10.1. The summed E-state index contributed by atoms with van der Waals surface area (Å²) in [6.45, 7) is 5.87. The first-order valence-corrected chi connectivity index (χ1v) is 17.9. The van der Waals surface area contributed by atoms with Crippen LogP contribution in [-0.4, -0.2) is 75.4 Å². The van der Waals surface area contributed by atoms with E-state index in [0.29, 0.717) is 24.1 Å². The minimum absolute atomic E-state index is 0.00834. The molecule has 2 N–H and O–H groups in total. The molecule has 0 aromatic carbocycles. The summed E-state index contributed by atoms with van der Waals surface area (Å²) >= 11 is 0. The fourth-order valence-electron chi connectivity index (χ4n) is 4.39. The van der Waals surface area contributed by atoms with Crippen molar-refractivity contribution in [3.63, 3.8) is 0 Å². The van der Waals surface area contributed by atoms with Gasteiger partial charge in [-0.3, -0.25) is 13.8 Å². The number of rotatable bonds is 30. The fraction of sp³-hybridized carbons (Fsp3) is 0.968. The van der Waals surface area contributed by atoms with Gasteiger partial charge in [0.05, 0.1) is 33.9 Å². The summed E-state index contributed by atoms with van der Waals surface area (Å²) in [6.07, 6.45) is 21.9. The second-order valence-corrected chi connectivity index (χ2v) is 13.8. The molecule has 0 heterocycles. The zero-order valence-corrected chi connectivity index (χ0v) is 27.8. The topological polar surface area (TPSA) is 94.1 Å². The molecule has 40 heavy (non-hydrogen) atoms. The fourth-order valence-corrected chi connectivity index (χ4v) is 5.13. The average Bonchev–Trinajstić information content (AvgIpc) is 2.89. The van der Waals surface area contributed by atoms with Gasteiger partial charge in [-0.1, -0.05) is 117 Å². The molecule has 8 nitrogen and oxygen atoms in total. The Morgan fingerprint density at radius 1 is 0.725 bits per heavy atom. The minimum Gasteiger partial charge on any atom is -0.374 e. The van der Waals surface area contributed by atoms with E-state index in [9.17, 15) is 14.3 Å². The molecule has 0 saturated heterocycles. The molecule has 0 fully saturated rings. The Morgan fingerprint density at radius 2 is 1.20 bits per heavy atom. The molecular formula is C31H66N2O6P+. The molecular weight excluding hydrogens is 527 g/mol. The van der Waals surface area contributed by atoms with E-state index in [1.807, 2.05) is 21.1 Å². The van der Waals surface area contributed by atoms with Crippen molar-refractivity contribution in [1.29, 1.82) is 0 Å². The third kappa shape index (κ3) is 29.0. The van der Waals surface area contributed by atoms with Crippen LogP contribution in [0.2, 0.25) is 0 Å². The molecule has 0 aliphatic carbocycles. The van der Waals surface area contributed by atoms with E-state index in [0.717, 1.165) is 25.7 Å². The monoisotopic (exact) mass is 593 g/mol. The number of carbonyl (C=O) groups is 1. The van der Waals surface area contributed by atoms with Gasteiger partial charge < -0.3 is 19.4 Å². The van der Waals surface area contributed by atoms with E-state index >= 15 is 0 Å². The van der Waals surface area contributed by atoms with Gasteiger partial charge in [0.1, 0.15) is 13.2 Å². The van der Waals surface area contributed by atoms with Gasteiger partial charge in [0.15, 0.2) is 0 Å². The molecule has 9 heteroatoms. The number of amides is 1. The number of nitrogens with zero attached hydrogens (tertiary/aromatic N) is 1. The van der Waals surface area contributed by atoms with Gasteiger partial charge in [-0.25, -0.2) is 4.57 Å². The maximum atomic E-state index is 12.4. The Kier molecular flexibility index (Phi) is 25.8. The molecule has 2 unspecified atom stereocenters. The lowest BCUT2D eigenvalue weighted by Crippen LogP contribution is -2.37. The van der Waals surface area contributed by atoms with Crippen molar-refractivity contribution >= 4 is 13.7 Å². The van der Waals surface area contributed by atoms with Crippen LogP contribution < -0.4 is 5.32 Å². The smallest absolute Gasteiger partial charge is 0.374 e. The highest BCUT2D eigenvalue weighted by molar-refractivity contribution is 7.47. The number of quaternary nitrogens is 1. The van der Waals surface area contributed by atoms with E-state index in [2.05, 4.69) is 19.2 Å². The van der Waals surface area contributed by atoms with Crippen molar-refractivity contribution in [1.82, 2.24) is 5.32 Å². The van der Waals surface area contributed by atoms with Crippen molar-refractivity contribution in [2.24, 2.45) is 0 Å². The Labute approximate surface area is 247 Å². The van der Waals surface area contributed by atoms with Crippen molar-refractivity contribution in [2.75, 3.05) is 54.1 Å². The van der Waals surface area contributed by atoms with Crippen LogP contribution in [0, 0.1) is 0 Å². The molecule has 0 spiro atoms. The standard InChI is InChI=1S/C31H65N2O6P/c1-6-8-10-12-14-16-18-20-22-24-31(34)32-28-30(29-39-40(35,36)38-27-25-33(3,4)5)37-26-23-21-19-17-15-13-11-9-7-2/h30H,6-29H2,1-5H3,(H-,32,34,35,36)/p+1. The summed E-state index contributed by atoms with van der Waals surface area (Å²) < 4.78 is 29.3. The summed E-state index contributed by atoms with van der Waals surface area (Å²) in [6, 6.07) is 0. The highest BCUT2D eigenvalue weighted by Crippen LogP contribution is 2.43. The number of phosphoric ester groups is 1. The van der Waals surface area contributed by atoms with Crippen LogP contribution >= 0.6 is 7.82 Å². The lowest BCUT2D eigenvalue weighted by molar-refractivity contribution is -0.870. The van der Waals surface area contributed by atoms with Gasteiger partial charge >= 0.3 is 7.82 Å². The molecule has 2 atom stereocenters. The summed E-state index contributed by atoms with van der Waals surface area (Å²) in [5.41, 5.74) is 0. The van der Waals surface area contributed by atoms with Crippen LogP contribution in [-0.2, 0) is 23.1 Å². The van der Waals surface area contributed by atoms with Crippen molar-refractivity contribution in [3.05, 3.63) is 0 Å². The second-order valence-electron chi connectivity index (χ2n) is 12.3. The van der Waals surface area contributed by atoms with Crippen LogP contribution in [0.4, 0.5) is 0 Å². The molecule has 0 aliphatic rings. The number of carbonyl (C=O) groups excluding carboxylic acids is 1. The molecule has 0 aromatic heterocycles. The van der Waals surface area contributed by atoms with Crippen LogP contribution in [0.5, 0.6) is 0 Å². The Balaban J connectivity index is 4.35. The van der Waals surface area contributed by atoms with E-state index in [1.54, 1.807) is 0 Å². The molecule has 0 bridgehead atoms.